The Morgan fingerprint density at radius 2 is 1.50 bits per heavy atom. The normalized spacial score (nSPS) is 14.4. The molecule has 0 aliphatic carbocycles. The summed E-state index contributed by atoms with van der Waals surface area (Å²) in [6.07, 6.45) is 9.96. The van der Waals surface area contributed by atoms with Crippen molar-refractivity contribution in [1.29, 1.82) is 0 Å². The highest BCUT2D eigenvalue weighted by Gasteiger charge is 2.25. The first kappa shape index (κ1) is 15.2. The van der Waals surface area contributed by atoms with Crippen LogP contribution in [0.4, 0.5) is 0 Å². The standard InChI is InChI=1S/C17H29N/c1-3-5-6-7-11-15-17(18,14-4-2)16-12-9-8-10-13-16/h8-10,12-13H,3-7,11,14-15,18H2,1-2H3. The molecular weight excluding hydrogens is 218 g/mol. The molecule has 1 heteroatoms. The van der Waals surface area contributed by atoms with Crippen LogP contribution in [-0.2, 0) is 5.54 Å². The zero-order valence-corrected chi connectivity index (χ0v) is 12.1. The van der Waals surface area contributed by atoms with E-state index in [1.807, 2.05) is 0 Å². The van der Waals surface area contributed by atoms with E-state index in [1.165, 1.54) is 37.7 Å². The highest BCUT2D eigenvalue weighted by atomic mass is 14.7. The van der Waals surface area contributed by atoms with Crippen molar-refractivity contribution in [1.82, 2.24) is 0 Å². The summed E-state index contributed by atoms with van der Waals surface area (Å²) in [7, 11) is 0. The summed E-state index contributed by atoms with van der Waals surface area (Å²) in [5.74, 6) is 0. The van der Waals surface area contributed by atoms with E-state index in [-0.39, 0.29) is 5.54 Å². The van der Waals surface area contributed by atoms with E-state index < -0.39 is 0 Å². The predicted molar refractivity (Wildman–Crippen MR) is 80.6 cm³/mol. The van der Waals surface area contributed by atoms with Crippen molar-refractivity contribution >= 4 is 0 Å². The Kier molecular flexibility index (Phi) is 7.04. The zero-order valence-electron chi connectivity index (χ0n) is 12.1. The summed E-state index contributed by atoms with van der Waals surface area (Å²) in [6.45, 7) is 4.48. The SMILES string of the molecule is CCCCCCCC(N)(CCC)c1ccccc1. The summed E-state index contributed by atoms with van der Waals surface area (Å²) in [6, 6.07) is 10.6. The third kappa shape index (κ3) is 4.81. The molecule has 1 nitrogen and oxygen atoms in total. The van der Waals surface area contributed by atoms with Gasteiger partial charge in [-0.1, -0.05) is 82.7 Å². The van der Waals surface area contributed by atoms with Crippen LogP contribution in [0.3, 0.4) is 0 Å². The van der Waals surface area contributed by atoms with Gasteiger partial charge in [-0.15, -0.1) is 0 Å². The number of nitrogens with two attached hydrogens (primary N) is 1. The van der Waals surface area contributed by atoms with Crippen LogP contribution in [0.2, 0.25) is 0 Å². The topological polar surface area (TPSA) is 26.0 Å². The smallest absolute Gasteiger partial charge is 0.0409 e. The average molecular weight is 247 g/mol. The van der Waals surface area contributed by atoms with Crippen molar-refractivity contribution in [3.05, 3.63) is 35.9 Å². The monoisotopic (exact) mass is 247 g/mol. The van der Waals surface area contributed by atoms with E-state index in [4.69, 9.17) is 5.73 Å². The van der Waals surface area contributed by atoms with Crippen molar-refractivity contribution in [2.45, 2.75) is 70.8 Å². The molecule has 1 rings (SSSR count). The third-order valence-corrected chi connectivity index (χ3v) is 3.77. The summed E-state index contributed by atoms with van der Waals surface area (Å²) < 4.78 is 0. The molecular formula is C17H29N. The molecule has 18 heavy (non-hydrogen) atoms. The number of benzene rings is 1. The molecule has 0 fully saturated rings. The number of unbranched alkanes of at least 4 members (excludes halogenated alkanes) is 4. The fourth-order valence-electron chi connectivity index (χ4n) is 2.67. The Bertz CT molecular complexity index is 307. The molecule has 102 valence electrons. The molecule has 1 unspecified atom stereocenters. The van der Waals surface area contributed by atoms with E-state index in [9.17, 15) is 0 Å². The quantitative estimate of drug-likeness (QED) is 0.610. The maximum Gasteiger partial charge on any atom is 0.0409 e. The molecule has 0 aromatic heterocycles. The Hall–Kier alpha value is -0.820. The van der Waals surface area contributed by atoms with Gasteiger partial charge >= 0.3 is 0 Å². The van der Waals surface area contributed by atoms with Crippen LogP contribution in [-0.4, -0.2) is 0 Å². The molecule has 0 spiro atoms. The Morgan fingerprint density at radius 1 is 0.833 bits per heavy atom. The highest BCUT2D eigenvalue weighted by Crippen LogP contribution is 2.29. The lowest BCUT2D eigenvalue weighted by molar-refractivity contribution is 0.355. The fraction of sp³-hybridized carbons (Fsp3) is 0.647. The molecule has 0 heterocycles. The van der Waals surface area contributed by atoms with Gasteiger partial charge in [0.2, 0.25) is 0 Å². The number of hydrogen-bond donors (Lipinski definition) is 1. The van der Waals surface area contributed by atoms with Crippen molar-refractivity contribution in [2.24, 2.45) is 5.73 Å². The Balaban J connectivity index is 2.52. The van der Waals surface area contributed by atoms with Gasteiger partial charge in [0.15, 0.2) is 0 Å². The van der Waals surface area contributed by atoms with Crippen LogP contribution in [0.5, 0.6) is 0 Å². The van der Waals surface area contributed by atoms with Gasteiger partial charge in [0.1, 0.15) is 0 Å². The molecule has 0 radical (unpaired) electrons. The van der Waals surface area contributed by atoms with Crippen LogP contribution >= 0.6 is 0 Å². The van der Waals surface area contributed by atoms with Crippen LogP contribution in [0.15, 0.2) is 30.3 Å². The summed E-state index contributed by atoms with van der Waals surface area (Å²) in [5.41, 5.74) is 7.84. The minimum absolute atomic E-state index is 0.109. The van der Waals surface area contributed by atoms with Gasteiger partial charge < -0.3 is 5.73 Å². The van der Waals surface area contributed by atoms with Crippen LogP contribution in [0.25, 0.3) is 0 Å². The maximum absolute atomic E-state index is 6.64. The lowest BCUT2D eigenvalue weighted by atomic mass is 9.82. The molecule has 0 saturated heterocycles. The summed E-state index contributed by atoms with van der Waals surface area (Å²) in [4.78, 5) is 0. The van der Waals surface area contributed by atoms with Gasteiger partial charge in [-0.05, 0) is 18.4 Å². The largest absolute Gasteiger partial charge is 0.321 e. The minimum atomic E-state index is -0.109. The first-order valence-corrected chi connectivity index (χ1v) is 7.57. The highest BCUT2D eigenvalue weighted by molar-refractivity contribution is 5.23. The van der Waals surface area contributed by atoms with E-state index in [1.54, 1.807) is 0 Å². The molecule has 2 N–H and O–H groups in total. The third-order valence-electron chi connectivity index (χ3n) is 3.77. The molecule has 0 saturated carbocycles. The van der Waals surface area contributed by atoms with E-state index in [0.717, 1.165) is 19.3 Å². The number of rotatable bonds is 9. The summed E-state index contributed by atoms with van der Waals surface area (Å²) in [5, 5.41) is 0. The second-order valence-corrected chi connectivity index (χ2v) is 5.44. The van der Waals surface area contributed by atoms with E-state index in [0.29, 0.717) is 0 Å². The second kappa shape index (κ2) is 8.31. The van der Waals surface area contributed by atoms with E-state index in [2.05, 4.69) is 44.2 Å². The minimum Gasteiger partial charge on any atom is -0.321 e. The van der Waals surface area contributed by atoms with E-state index >= 15 is 0 Å². The van der Waals surface area contributed by atoms with Gasteiger partial charge in [-0.2, -0.15) is 0 Å². The molecule has 1 aromatic carbocycles. The van der Waals surface area contributed by atoms with Crippen molar-refractivity contribution in [2.75, 3.05) is 0 Å². The molecule has 1 aromatic rings. The van der Waals surface area contributed by atoms with Crippen LogP contribution in [0.1, 0.15) is 70.8 Å². The average Bonchev–Trinajstić information content (AvgIpc) is 2.40. The van der Waals surface area contributed by atoms with Gasteiger partial charge in [-0.3, -0.25) is 0 Å². The Morgan fingerprint density at radius 3 is 2.11 bits per heavy atom. The fourth-order valence-corrected chi connectivity index (χ4v) is 2.67. The second-order valence-electron chi connectivity index (χ2n) is 5.44. The van der Waals surface area contributed by atoms with Crippen LogP contribution < -0.4 is 5.73 Å². The van der Waals surface area contributed by atoms with Gasteiger partial charge in [0.25, 0.3) is 0 Å². The van der Waals surface area contributed by atoms with Gasteiger partial charge in [-0.25, -0.2) is 0 Å². The molecule has 0 aliphatic heterocycles. The van der Waals surface area contributed by atoms with Crippen molar-refractivity contribution < 1.29 is 0 Å². The van der Waals surface area contributed by atoms with Crippen molar-refractivity contribution in [3.63, 3.8) is 0 Å². The van der Waals surface area contributed by atoms with Gasteiger partial charge in [0.05, 0.1) is 0 Å². The lowest BCUT2D eigenvalue weighted by Gasteiger charge is -2.30. The first-order chi connectivity index (χ1) is 8.73. The molecule has 0 bridgehead atoms. The molecule has 0 amide bonds. The summed E-state index contributed by atoms with van der Waals surface area (Å²) >= 11 is 0. The lowest BCUT2D eigenvalue weighted by Crippen LogP contribution is -2.36. The maximum atomic E-state index is 6.64. The predicted octanol–water partition coefficient (Wildman–Crippen LogP) is 5.00. The number of hydrogen-bond acceptors (Lipinski definition) is 1. The first-order valence-electron chi connectivity index (χ1n) is 7.57. The van der Waals surface area contributed by atoms with Crippen LogP contribution in [0, 0.1) is 0 Å². The van der Waals surface area contributed by atoms with Crippen molar-refractivity contribution in [3.8, 4) is 0 Å². The Labute approximate surface area is 113 Å². The molecule has 1 atom stereocenters. The van der Waals surface area contributed by atoms with Gasteiger partial charge in [0, 0.05) is 5.54 Å². The molecule has 0 aliphatic rings. The zero-order chi connectivity index (χ0) is 13.3.